The first-order chi connectivity index (χ1) is 14.5. The summed E-state index contributed by atoms with van der Waals surface area (Å²) in [7, 11) is 0. The number of rotatable bonds is 6. The fourth-order valence-corrected chi connectivity index (χ4v) is 4.14. The summed E-state index contributed by atoms with van der Waals surface area (Å²) < 4.78 is 5.19. The highest BCUT2D eigenvalue weighted by Gasteiger charge is 2.26. The Hall–Kier alpha value is -3.23. The maximum atomic E-state index is 12.8. The van der Waals surface area contributed by atoms with Crippen LogP contribution in [0, 0.1) is 6.92 Å². The number of para-hydroxylation sites is 2. The average Bonchev–Trinajstić information content (AvgIpc) is 3.05. The number of carbonyl (C=O) groups excluding carboxylic acids is 2. The van der Waals surface area contributed by atoms with Crippen LogP contribution >= 0.6 is 23.6 Å². The molecule has 0 aliphatic rings. The topological polar surface area (TPSA) is 79.5 Å². The fraction of sp³-hybridized carbons (Fsp3) is 0.136. The standard InChI is InChI=1S/C22H21N3O3S2/c1-3-28-21(27)17-14(2)18(19(26)23-15-10-6-4-7-11-15)30-20(17)25-22(29)24-16-12-8-5-9-13-16/h4-13H,3H2,1-2H3,(H,23,26)(H2,24,25,29). The number of hydrogen-bond donors (Lipinski definition) is 3. The number of thiophene rings is 1. The average molecular weight is 440 g/mol. The summed E-state index contributed by atoms with van der Waals surface area (Å²) in [4.78, 5) is 25.8. The van der Waals surface area contributed by atoms with Crippen molar-refractivity contribution >= 4 is 56.9 Å². The van der Waals surface area contributed by atoms with Gasteiger partial charge < -0.3 is 20.7 Å². The van der Waals surface area contributed by atoms with Crippen molar-refractivity contribution in [2.75, 3.05) is 22.6 Å². The van der Waals surface area contributed by atoms with Gasteiger partial charge in [-0.1, -0.05) is 36.4 Å². The number of ether oxygens (including phenoxy) is 1. The molecule has 0 saturated heterocycles. The number of esters is 1. The van der Waals surface area contributed by atoms with Crippen molar-refractivity contribution < 1.29 is 14.3 Å². The molecular formula is C22H21N3O3S2. The lowest BCUT2D eigenvalue weighted by Gasteiger charge is -2.11. The van der Waals surface area contributed by atoms with Gasteiger partial charge in [0.2, 0.25) is 0 Å². The quantitative estimate of drug-likeness (QED) is 0.358. The summed E-state index contributed by atoms with van der Waals surface area (Å²) in [5, 5.41) is 9.71. The number of thiocarbonyl (C=S) groups is 1. The van der Waals surface area contributed by atoms with Gasteiger partial charge in [-0.25, -0.2) is 4.79 Å². The second kappa shape index (κ2) is 10.00. The van der Waals surface area contributed by atoms with Gasteiger partial charge in [-0.15, -0.1) is 11.3 Å². The van der Waals surface area contributed by atoms with E-state index in [-0.39, 0.29) is 12.5 Å². The summed E-state index contributed by atoms with van der Waals surface area (Å²) >= 11 is 6.54. The van der Waals surface area contributed by atoms with Crippen molar-refractivity contribution in [3.8, 4) is 0 Å². The maximum absolute atomic E-state index is 12.8. The van der Waals surface area contributed by atoms with E-state index in [2.05, 4.69) is 16.0 Å². The molecule has 3 N–H and O–H groups in total. The molecule has 0 aliphatic carbocycles. The summed E-state index contributed by atoms with van der Waals surface area (Å²) in [5.74, 6) is -0.806. The second-order valence-corrected chi connectivity index (χ2v) is 7.67. The Morgan fingerprint density at radius 1 is 0.933 bits per heavy atom. The van der Waals surface area contributed by atoms with Crippen molar-refractivity contribution in [1.82, 2.24) is 0 Å². The predicted octanol–water partition coefficient (Wildman–Crippen LogP) is 5.29. The van der Waals surface area contributed by atoms with Crippen LogP contribution in [-0.4, -0.2) is 23.6 Å². The van der Waals surface area contributed by atoms with Crippen LogP contribution in [0.5, 0.6) is 0 Å². The Morgan fingerprint density at radius 3 is 2.07 bits per heavy atom. The van der Waals surface area contributed by atoms with E-state index < -0.39 is 5.97 Å². The third-order valence-corrected chi connectivity index (χ3v) is 5.53. The van der Waals surface area contributed by atoms with Crippen LogP contribution in [0.25, 0.3) is 0 Å². The molecule has 0 aliphatic heterocycles. The highest BCUT2D eigenvalue weighted by Crippen LogP contribution is 2.34. The van der Waals surface area contributed by atoms with E-state index in [4.69, 9.17) is 17.0 Å². The molecule has 1 aromatic heterocycles. The van der Waals surface area contributed by atoms with E-state index in [9.17, 15) is 9.59 Å². The lowest BCUT2D eigenvalue weighted by molar-refractivity contribution is 0.0527. The molecule has 8 heteroatoms. The Morgan fingerprint density at radius 2 is 1.50 bits per heavy atom. The number of amides is 1. The van der Waals surface area contributed by atoms with Gasteiger partial charge in [0.15, 0.2) is 5.11 Å². The number of anilines is 3. The van der Waals surface area contributed by atoms with Gasteiger partial charge in [0.25, 0.3) is 5.91 Å². The van der Waals surface area contributed by atoms with Crippen molar-refractivity contribution in [3.63, 3.8) is 0 Å². The van der Waals surface area contributed by atoms with Crippen molar-refractivity contribution in [2.45, 2.75) is 13.8 Å². The normalized spacial score (nSPS) is 10.2. The monoisotopic (exact) mass is 439 g/mol. The van der Waals surface area contributed by atoms with E-state index in [0.717, 1.165) is 17.0 Å². The van der Waals surface area contributed by atoms with Gasteiger partial charge in [-0.3, -0.25) is 4.79 Å². The molecule has 1 heterocycles. The third-order valence-electron chi connectivity index (χ3n) is 4.12. The minimum absolute atomic E-state index is 0.228. The van der Waals surface area contributed by atoms with Crippen LogP contribution in [0.1, 0.15) is 32.5 Å². The number of hydrogen-bond acceptors (Lipinski definition) is 5. The minimum Gasteiger partial charge on any atom is -0.462 e. The van der Waals surface area contributed by atoms with Crippen molar-refractivity contribution in [3.05, 3.63) is 76.7 Å². The molecule has 2 aromatic carbocycles. The van der Waals surface area contributed by atoms with Crippen molar-refractivity contribution in [2.24, 2.45) is 0 Å². The molecule has 0 fully saturated rings. The van der Waals surface area contributed by atoms with Gasteiger partial charge in [0.05, 0.1) is 17.0 Å². The zero-order valence-electron chi connectivity index (χ0n) is 16.5. The molecule has 0 spiro atoms. The zero-order chi connectivity index (χ0) is 21.5. The highest BCUT2D eigenvalue weighted by molar-refractivity contribution is 7.80. The SMILES string of the molecule is CCOC(=O)c1c(NC(=S)Nc2ccccc2)sc(C(=O)Nc2ccccc2)c1C. The molecule has 0 bridgehead atoms. The van der Waals surface area contributed by atoms with Crippen molar-refractivity contribution in [1.29, 1.82) is 0 Å². The molecule has 3 rings (SSSR count). The van der Waals surface area contributed by atoms with E-state index >= 15 is 0 Å². The molecule has 0 unspecified atom stereocenters. The Balaban J connectivity index is 1.87. The van der Waals surface area contributed by atoms with E-state index in [1.165, 1.54) is 0 Å². The number of carbonyl (C=O) groups is 2. The lowest BCUT2D eigenvalue weighted by atomic mass is 10.1. The Bertz CT molecular complexity index is 1050. The van der Waals surface area contributed by atoms with E-state index in [1.807, 2.05) is 48.5 Å². The molecule has 0 atom stereocenters. The number of benzene rings is 2. The van der Waals surface area contributed by atoms with Gasteiger partial charge in [-0.2, -0.15) is 0 Å². The maximum Gasteiger partial charge on any atom is 0.341 e. The highest BCUT2D eigenvalue weighted by atomic mass is 32.1. The van der Waals surface area contributed by atoms with E-state index in [1.54, 1.807) is 26.0 Å². The minimum atomic E-state index is -0.505. The Kier molecular flexibility index (Phi) is 7.16. The third kappa shape index (κ3) is 5.22. The smallest absolute Gasteiger partial charge is 0.341 e. The first-order valence-corrected chi connectivity index (χ1v) is 10.5. The summed E-state index contributed by atoms with van der Waals surface area (Å²) in [5.41, 5.74) is 2.32. The molecule has 0 saturated carbocycles. The largest absolute Gasteiger partial charge is 0.462 e. The predicted molar refractivity (Wildman–Crippen MR) is 126 cm³/mol. The summed E-state index contributed by atoms with van der Waals surface area (Å²) in [6.45, 7) is 3.69. The van der Waals surface area contributed by atoms with Crippen LogP contribution in [0.2, 0.25) is 0 Å². The molecule has 1 amide bonds. The Labute approximate surface area is 184 Å². The molecular weight excluding hydrogens is 418 g/mol. The first kappa shape index (κ1) is 21.5. The van der Waals surface area contributed by atoms with Crippen LogP contribution in [0.3, 0.4) is 0 Å². The molecule has 6 nitrogen and oxygen atoms in total. The van der Waals surface area contributed by atoms with Gasteiger partial charge in [0.1, 0.15) is 5.00 Å². The molecule has 30 heavy (non-hydrogen) atoms. The molecule has 0 radical (unpaired) electrons. The van der Waals surface area contributed by atoms with Crippen LogP contribution < -0.4 is 16.0 Å². The van der Waals surface area contributed by atoms with E-state index in [0.29, 0.717) is 31.8 Å². The van der Waals surface area contributed by atoms with Crippen LogP contribution in [0.15, 0.2) is 60.7 Å². The van der Waals surface area contributed by atoms with Crippen LogP contribution in [-0.2, 0) is 4.74 Å². The second-order valence-electron chi connectivity index (χ2n) is 6.25. The lowest BCUT2D eigenvalue weighted by Crippen LogP contribution is -2.20. The summed E-state index contributed by atoms with van der Waals surface area (Å²) in [6, 6.07) is 18.6. The molecule has 154 valence electrons. The first-order valence-electron chi connectivity index (χ1n) is 9.29. The fourth-order valence-electron chi connectivity index (χ4n) is 2.76. The number of nitrogens with one attached hydrogen (secondary N) is 3. The van der Waals surface area contributed by atoms with Crippen LogP contribution in [0.4, 0.5) is 16.4 Å². The zero-order valence-corrected chi connectivity index (χ0v) is 18.2. The van der Waals surface area contributed by atoms with Gasteiger partial charge >= 0.3 is 5.97 Å². The summed E-state index contributed by atoms with van der Waals surface area (Å²) in [6.07, 6.45) is 0. The molecule has 3 aromatic rings. The van der Waals surface area contributed by atoms with Gasteiger partial charge in [-0.05, 0) is 55.9 Å². The van der Waals surface area contributed by atoms with Gasteiger partial charge in [0, 0.05) is 11.4 Å².